The van der Waals surface area contributed by atoms with Crippen molar-refractivity contribution in [2.75, 3.05) is 12.5 Å². The Morgan fingerprint density at radius 2 is 1.84 bits per heavy atom. The SMILES string of the molecule is COc1ccc(-c2cc(C(=O)Nn3ccc(-c4ccco4)n3)c3ccccc3n2)cc1. The molecule has 0 saturated carbocycles. The third-order valence-electron chi connectivity index (χ3n) is 4.93. The Morgan fingerprint density at radius 3 is 2.61 bits per heavy atom. The fourth-order valence-corrected chi connectivity index (χ4v) is 3.38. The molecule has 5 aromatic rings. The van der Waals surface area contributed by atoms with Gasteiger partial charge in [-0.15, -0.1) is 5.10 Å². The molecule has 0 unspecified atom stereocenters. The van der Waals surface area contributed by atoms with Crippen LogP contribution in [0.2, 0.25) is 0 Å². The van der Waals surface area contributed by atoms with Gasteiger partial charge < -0.3 is 9.15 Å². The molecule has 1 amide bonds. The van der Waals surface area contributed by atoms with Crippen LogP contribution in [-0.2, 0) is 0 Å². The number of pyridine rings is 1. The minimum absolute atomic E-state index is 0.289. The first-order valence-electron chi connectivity index (χ1n) is 9.66. The summed E-state index contributed by atoms with van der Waals surface area (Å²) in [5, 5.41) is 5.12. The van der Waals surface area contributed by atoms with Crippen molar-refractivity contribution in [1.29, 1.82) is 0 Å². The summed E-state index contributed by atoms with van der Waals surface area (Å²) in [6, 6.07) is 22.3. The molecule has 0 aliphatic heterocycles. The van der Waals surface area contributed by atoms with E-state index in [4.69, 9.17) is 14.1 Å². The standard InChI is InChI=1S/C24H18N4O3/c1-30-17-10-8-16(9-11-17)22-15-19(18-5-2-3-6-20(18)25-22)24(29)27-28-13-12-21(26-28)23-7-4-14-31-23/h2-15H,1H3,(H,27,29). The normalized spacial score (nSPS) is 10.9. The van der Waals surface area contributed by atoms with Gasteiger partial charge in [-0.2, -0.15) is 4.79 Å². The van der Waals surface area contributed by atoms with Crippen molar-refractivity contribution in [2.45, 2.75) is 0 Å². The van der Waals surface area contributed by atoms with Crippen molar-refractivity contribution in [2.24, 2.45) is 0 Å². The lowest BCUT2D eigenvalue weighted by Crippen LogP contribution is -2.23. The van der Waals surface area contributed by atoms with Crippen LogP contribution in [0.3, 0.4) is 0 Å². The first-order valence-corrected chi connectivity index (χ1v) is 9.66. The van der Waals surface area contributed by atoms with E-state index in [-0.39, 0.29) is 5.91 Å². The molecular weight excluding hydrogens is 392 g/mol. The fourth-order valence-electron chi connectivity index (χ4n) is 3.38. The minimum atomic E-state index is -0.289. The second kappa shape index (κ2) is 7.79. The van der Waals surface area contributed by atoms with E-state index in [1.807, 2.05) is 54.6 Å². The third-order valence-corrected chi connectivity index (χ3v) is 4.93. The summed E-state index contributed by atoms with van der Waals surface area (Å²) in [6.45, 7) is 0. The number of para-hydroxylation sites is 1. The molecule has 0 spiro atoms. The highest BCUT2D eigenvalue weighted by molar-refractivity contribution is 6.10. The molecule has 3 heterocycles. The Bertz CT molecular complexity index is 1360. The predicted octanol–water partition coefficient (Wildman–Crippen LogP) is 4.75. The lowest BCUT2D eigenvalue weighted by atomic mass is 10.0. The maximum Gasteiger partial charge on any atom is 0.272 e. The zero-order valence-corrected chi connectivity index (χ0v) is 16.6. The van der Waals surface area contributed by atoms with Crippen LogP contribution < -0.4 is 10.2 Å². The molecule has 1 N–H and O–H groups in total. The highest BCUT2D eigenvalue weighted by Gasteiger charge is 2.15. The van der Waals surface area contributed by atoms with Gasteiger partial charge in [0.15, 0.2) is 5.76 Å². The van der Waals surface area contributed by atoms with Gasteiger partial charge >= 0.3 is 0 Å². The number of carbonyl (C=O) groups is 1. The third kappa shape index (κ3) is 3.64. The van der Waals surface area contributed by atoms with E-state index in [1.165, 1.54) is 4.79 Å². The number of hydrogen-bond acceptors (Lipinski definition) is 5. The molecule has 0 bridgehead atoms. The minimum Gasteiger partial charge on any atom is -0.497 e. The Morgan fingerprint density at radius 1 is 1.00 bits per heavy atom. The van der Waals surface area contributed by atoms with Gasteiger partial charge in [0, 0.05) is 17.1 Å². The van der Waals surface area contributed by atoms with Crippen LogP contribution in [0.15, 0.2) is 89.7 Å². The van der Waals surface area contributed by atoms with Gasteiger partial charge in [0.2, 0.25) is 0 Å². The van der Waals surface area contributed by atoms with Crippen LogP contribution in [0.4, 0.5) is 0 Å². The molecule has 7 nitrogen and oxygen atoms in total. The zero-order chi connectivity index (χ0) is 21.2. The van der Waals surface area contributed by atoms with E-state index in [0.29, 0.717) is 22.7 Å². The largest absolute Gasteiger partial charge is 0.497 e. The predicted molar refractivity (Wildman–Crippen MR) is 117 cm³/mol. The number of amides is 1. The Kier molecular flexibility index (Phi) is 4.68. The average Bonchev–Trinajstić information content (AvgIpc) is 3.50. The summed E-state index contributed by atoms with van der Waals surface area (Å²) in [5.41, 5.74) is 6.26. The summed E-state index contributed by atoms with van der Waals surface area (Å²) in [6.07, 6.45) is 3.25. The van der Waals surface area contributed by atoms with Crippen LogP contribution in [-0.4, -0.2) is 27.9 Å². The molecule has 152 valence electrons. The van der Waals surface area contributed by atoms with E-state index in [2.05, 4.69) is 10.5 Å². The van der Waals surface area contributed by atoms with Gasteiger partial charge in [-0.25, -0.2) is 10.4 Å². The highest BCUT2D eigenvalue weighted by atomic mass is 16.5. The molecule has 5 rings (SSSR count). The number of methoxy groups -OCH3 is 1. The number of hydrogen-bond donors (Lipinski definition) is 1. The van der Waals surface area contributed by atoms with E-state index < -0.39 is 0 Å². The second-order valence-electron chi connectivity index (χ2n) is 6.86. The van der Waals surface area contributed by atoms with Crippen molar-refractivity contribution in [3.05, 3.63) is 90.8 Å². The maximum absolute atomic E-state index is 13.2. The summed E-state index contributed by atoms with van der Waals surface area (Å²) in [4.78, 5) is 19.3. The van der Waals surface area contributed by atoms with Crippen molar-refractivity contribution in [3.8, 4) is 28.5 Å². The quantitative estimate of drug-likeness (QED) is 0.452. The highest BCUT2D eigenvalue weighted by Crippen LogP contribution is 2.26. The first-order chi connectivity index (χ1) is 15.2. The van der Waals surface area contributed by atoms with Crippen LogP contribution in [0.25, 0.3) is 33.6 Å². The smallest absolute Gasteiger partial charge is 0.272 e. The van der Waals surface area contributed by atoms with Gasteiger partial charge in [-0.1, -0.05) is 18.2 Å². The number of carbonyl (C=O) groups excluding carboxylic acids is 1. The average molecular weight is 410 g/mol. The number of aromatic nitrogens is 3. The number of benzene rings is 2. The van der Waals surface area contributed by atoms with Crippen molar-refractivity contribution >= 4 is 16.8 Å². The summed E-state index contributed by atoms with van der Waals surface area (Å²) in [5.74, 6) is 1.10. The van der Waals surface area contributed by atoms with Crippen LogP contribution in [0, 0.1) is 0 Å². The van der Waals surface area contributed by atoms with Gasteiger partial charge in [0.1, 0.15) is 11.4 Å². The zero-order valence-electron chi connectivity index (χ0n) is 16.6. The van der Waals surface area contributed by atoms with Gasteiger partial charge in [-0.3, -0.25) is 4.79 Å². The van der Waals surface area contributed by atoms with E-state index >= 15 is 0 Å². The van der Waals surface area contributed by atoms with Crippen LogP contribution in [0.1, 0.15) is 10.4 Å². The van der Waals surface area contributed by atoms with E-state index in [0.717, 1.165) is 22.2 Å². The number of ether oxygens (including phenoxy) is 1. The Labute approximate surface area is 177 Å². The van der Waals surface area contributed by atoms with Gasteiger partial charge in [0.25, 0.3) is 5.91 Å². The second-order valence-corrected chi connectivity index (χ2v) is 6.86. The number of fused-ring (bicyclic) bond motifs is 1. The molecule has 0 fully saturated rings. The van der Waals surface area contributed by atoms with Crippen LogP contribution >= 0.6 is 0 Å². The number of nitrogens with zero attached hydrogens (tertiary/aromatic N) is 3. The van der Waals surface area contributed by atoms with Gasteiger partial charge in [-0.05, 0) is 54.6 Å². The van der Waals surface area contributed by atoms with Gasteiger partial charge in [0.05, 0.1) is 30.1 Å². The maximum atomic E-state index is 13.2. The summed E-state index contributed by atoms with van der Waals surface area (Å²) < 4.78 is 10.6. The monoisotopic (exact) mass is 410 g/mol. The van der Waals surface area contributed by atoms with E-state index in [9.17, 15) is 4.79 Å². The van der Waals surface area contributed by atoms with Crippen LogP contribution in [0.5, 0.6) is 5.75 Å². The molecule has 0 atom stereocenters. The van der Waals surface area contributed by atoms with E-state index in [1.54, 1.807) is 37.8 Å². The first kappa shape index (κ1) is 18.6. The number of furan rings is 1. The molecule has 0 saturated heterocycles. The lowest BCUT2D eigenvalue weighted by molar-refractivity contribution is 0.101. The van der Waals surface area contributed by atoms with Crippen molar-refractivity contribution < 1.29 is 13.9 Å². The molecule has 2 aromatic carbocycles. The molecule has 3 aromatic heterocycles. The van der Waals surface area contributed by atoms with Crippen molar-refractivity contribution in [1.82, 2.24) is 14.9 Å². The van der Waals surface area contributed by atoms with Crippen molar-refractivity contribution in [3.63, 3.8) is 0 Å². The Balaban J connectivity index is 1.51. The fraction of sp³-hybridized carbons (Fsp3) is 0.0417. The molecule has 0 aliphatic carbocycles. The molecule has 31 heavy (non-hydrogen) atoms. The summed E-state index contributed by atoms with van der Waals surface area (Å²) in [7, 11) is 1.62. The molecule has 0 radical (unpaired) electrons. The number of rotatable bonds is 5. The lowest BCUT2D eigenvalue weighted by Gasteiger charge is -2.11. The molecule has 7 heteroatoms. The number of nitrogens with one attached hydrogen (secondary N) is 1. The Hall–Kier alpha value is -4.39. The molecular formula is C24H18N4O3. The molecule has 0 aliphatic rings. The topological polar surface area (TPSA) is 82.2 Å². The summed E-state index contributed by atoms with van der Waals surface area (Å²) >= 11 is 0.